The Hall–Kier alpha value is -0.980. The number of benzene rings is 1. The highest BCUT2D eigenvalue weighted by Crippen LogP contribution is 2.23. The maximum atomic E-state index is 12.0. The summed E-state index contributed by atoms with van der Waals surface area (Å²) in [6.45, 7) is 0.204. The van der Waals surface area contributed by atoms with E-state index in [1.807, 2.05) is 0 Å². The number of hydrazine groups is 1. The molecule has 7 heteroatoms. The van der Waals surface area contributed by atoms with E-state index in [2.05, 4.69) is 5.43 Å². The van der Waals surface area contributed by atoms with E-state index in [0.717, 1.165) is 0 Å². The van der Waals surface area contributed by atoms with E-state index in [9.17, 15) is 13.2 Å². The van der Waals surface area contributed by atoms with Crippen LogP contribution in [0.4, 0.5) is 13.2 Å². The topological polar surface area (TPSA) is 47.3 Å². The van der Waals surface area contributed by atoms with Crippen molar-refractivity contribution >= 4 is 11.6 Å². The van der Waals surface area contributed by atoms with Gasteiger partial charge in [-0.1, -0.05) is 11.6 Å². The molecule has 0 saturated carbocycles. The second kappa shape index (κ2) is 7.57. The lowest BCUT2D eigenvalue weighted by Gasteiger charge is -2.17. The van der Waals surface area contributed by atoms with Crippen LogP contribution in [-0.2, 0) is 0 Å². The van der Waals surface area contributed by atoms with Gasteiger partial charge in [-0.3, -0.25) is 11.3 Å². The van der Waals surface area contributed by atoms with Crippen molar-refractivity contribution in [3.8, 4) is 5.75 Å². The van der Waals surface area contributed by atoms with Gasteiger partial charge in [-0.2, -0.15) is 13.2 Å². The third-order valence-electron chi connectivity index (χ3n) is 2.51. The van der Waals surface area contributed by atoms with E-state index < -0.39 is 12.6 Å². The third-order valence-corrected chi connectivity index (χ3v) is 2.77. The average molecular weight is 297 g/mol. The van der Waals surface area contributed by atoms with Gasteiger partial charge in [0.15, 0.2) is 0 Å². The molecule has 0 radical (unpaired) electrons. The summed E-state index contributed by atoms with van der Waals surface area (Å²) in [6, 6.07) is 6.40. The number of hydrogen-bond donors (Lipinski definition) is 2. The van der Waals surface area contributed by atoms with E-state index in [4.69, 9.17) is 22.2 Å². The van der Waals surface area contributed by atoms with Crippen LogP contribution in [0.5, 0.6) is 5.75 Å². The van der Waals surface area contributed by atoms with Crippen LogP contribution in [0, 0.1) is 0 Å². The second-order valence-electron chi connectivity index (χ2n) is 4.14. The van der Waals surface area contributed by atoms with Crippen molar-refractivity contribution < 1.29 is 17.9 Å². The SMILES string of the molecule is NNC(CCCC(F)(F)F)COc1ccc(Cl)cc1. The molecule has 0 heterocycles. The van der Waals surface area contributed by atoms with Crippen LogP contribution in [0.25, 0.3) is 0 Å². The van der Waals surface area contributed by atoms with Crippen LogP contribution in [0.1, 0.15) is 19.3 Å². The molecular weight excluding hydrogens is 281 g/mol. The number of hydrogen-bond acceptors (Lipinski definition) is 3. The van der Waals surface area contributed by atoms with Gasteiger partial charge in [-0.05, 0) is 37.1 Å². The lowest BCUT2D eigenvalue weighted by Crippen LogP contribution is -2.39. The average Bonchev–Trinajstić information content (AvgIpc) is 2.34. The van der Waals surface area contributed by atoms with E-state index in [1.54, 1.807) is 24.3 Å². The minimum absolute atomic E-state index is 0.0162. The highest BCUT2D eigenvalue weighted by Gasteiger charge is 2.26. The lowest BCUT2D eigenvalue weighted by atomic mass is 10.1. The van der Waals surface area contributed by atoms with Crippen molar-refractivity contribution in [1.29, 1.82) is 0 Å². The molecule has 0 amide bonds. The summed E-state index contributed by atoms with van der Waals surface area (Å²) < 4.78 is 41.4. The molecule has 1 rings (SSSR count). The molecule has 0 aliphatic heterocycles. The summed E-state index contributed by atoms with van der Waals surface area (Å²) in [5.41, 5.74) is 2.45. The third kappa shape index (κ3) is 7.25. The van der Waals surface area contributed by atoms with Crippen LogP contribution in [0.3, 0.4) is 0 Å². The Kier molecular flexibility index (Phi) is 6.41. The van der Waals surface area contributed by atoms with E-state index in [0.29, 0.717) is 17.2 Å². The van der Waals surface area contributed by atoms with Gasteiger partial charge >= 0.3 is 6.18 Å². The van der Waals surface area contributed by atoms with E-state index in [1.165, 1.54) is 0 Å². The molecule has 3 N–H and O–H groups in total. The fraction of sp³-hybridized carbons (Fsp3) is 0.500. The van der Waals surface area contributed by atoms with Gasteiger partial charge in [-0.15, -0.1) is 0 Å². The Balaban J connectivity index is 2.30. The molecule has 0 saturated heterocycles. The van der Waals surface area contributed by atoms with Crippen molar-refractivity contribution in [1.82, 2.24) is 5.43 Å². The summed E-state index contributed by atoms with van der Waals surface area (Å²) in [7, 11) is 0. The molecule has 0 aromatic heterocycles. The molecule has 1 aromatic carbocycles. The monoisotopic (exact) mass is 296 g/mol. The number of ether oxygens (including phenoxy) is 1. The van der Waals surface area contributed by atoms with Crippen LogP contribution >= 0.6 is 11.6 Å². The number of nitrogens with one attached hydrogen (secondary N) is 1. The van der Waals surface area contributed by atoms with Crippen molar-refractivity contribution in [2.24, 2.45) is 5.84 Å². The number of nitrogens with two attached hydrogens (primary N) is 1. The summed E-state index contributed by atoms with van der Waals surface area (Å²) >= 11 is 5.72. The first kappa shape index (κ1) is 16.1. The normalized spacial score (nSPS) is 13.3. The Morgan fingerprint density at radius 2 is 1.89 bits per heavy atom. The van der Waals surface area contributed by atoms with Gasteiger partial charge in [0.25, 0.3) is 0 Å². The molecule has 3 nitrogen and oxygen atoms in total. The number of alkyl halides is 3. The van der Waals surface area contributed by atoms with Gasteiger partial charge in [0.1, 0.15) is 12.4 Å². The smallest absolute Gasteiger partial charge is 0.389 e. The maximum Gasteiger partial charge on any atom is 0.389 e. The molecule has 1 aromatic rings. The largest absolute Gasteiger partial charge is 0.492 e. The molecule has 108 valence electrons. The van der Waals surface area contributed by atoms with Crippen LogP contribution < -0.4 is 16.0 Å². The zero-order chi connectivity index (χ0) is 14.3. The lowest BCUT2D eigenvalue weighted by molar-refractivity contribution is -0.135. The van der Waals surface area contributed by atoms with Gasteiger partial charge in [0.05, 0.1) is 6.04 Å². The summed E-state index contributed by atoms with van der Waals surface area (Å²) in [4.78, 5) is 0. The molecule has 0 spiro atoms. The van der Waals surface area contributed by atoms with Crippen molar-refractivity contribution in [3.63, 3.8) is 0 Å². The molecule has 1 unspecified atom stereocenters. The zero-order valence-corrected chi connectivity index (χ0v) is 11.0. The number of rotatable bonds is 7. The molecule has 0 fully saturated rings. The predicted octanol–water partition coefficient (Wildman–Crippen LogP) is 3.28. The van der Waals surface area contributed by atoms with Crippen LogP contribution in [0.15, 0.2) is 24.3 Å². The van der Waals surface area contributed by atoms with Gasteiger partial charge < -0.3 is 4.74 Å². The molecule has 0 aliphatic rings. The summed E-state index contributed by atoms with van der Waals surface area (Å²) in [5.74, 6) is 5.88. The fourth-order valence-corrected chi connectivity index (χ4v) is 1.62. The highest BCUT2D eigenvalue weighted by molar-refractivity contribution is 6.30. The minimum atomic E-state index is -4.13. The predicted molar refractivity (Wildman–Crippen MR) is 68.0 cm³/mol. The van der Waals surface area contributed by atoms with Gasteiger partial charge in [-0.25, -0.2) is 0 Å². The Morgan fingerprint density at radius 1 is 1.26 bits per heavy atom. The maximum absolute atomic E-state index is 12.0. The Bertz CT molecular complexity index is 370. The van der Waals surface area contributed by atoms with Crippen LogP contribution in [-0.4, -0.2) is 18.8 Å². The summed E-state index contributed by atoms with van der Waals surface area (Å²) in [6.07, 6.45) is -4.63. The second-order valence-corrected chi connectivity index (χ2v) is 4.57. The first-order valence-corrected chi connectivity index (χ1v) is 6.20. The van der Waals surface area contributed by atoms with E-state index in [-0.39, 0.29) is 19.1 Å². The first-order chi connectivity index (χ1) is 8.90. The Morgan fingerprint density at radius 3 is 2.42 bits per heavy atom. The number of halogens is 4. The molecule has 19 heavy (non-hydrogen) atoms. The first-order valence-electron chi connectivity index (χ1n) is 5.82. The Labute approximate surface area is 114 Å². The summed E-state index contributed by atoms with van der Waals surface area (Å²) in [5, 5.41) is 0.589. The van der Waals surface area contributed by atoms with Crippen molar-refractivity contribution in [2.45, 2.75) is 31.5 Å². The molecular formula is C12H16ClF3N2O. The van der Waals surface area contributed by atoms with Gasteiger partial charge in [0, 0.05) is 11.4 Å². The van der Waals surface area contributed by atoms with Gasteiger partial charge in [0.2, 0.25) is 0 Å². The van der Waals surface area contributed by atoms with Crippen molar-refractivity contribution in [2.75, 3.05) is 6.61 Å². The molecule has 1 atom stereocenters. The zero-order valence-electron chi connectivity index (χ0n) is 10.2. The minimum Gasteiger partial charge on any atom is -0.492 e. The molecule has 0 aliphatic carbocycles. The quantitative estimate of drug-likeness (QED) is 0.599. The van der Waals surface area contributed by atoms with Crippen LogP contribution in [0.2, 0.25) is 5.02 Å². The van der Waals surface area contributed by atoms with Crippen molar-refractivity contribution in [3.05, 3.63) is 29.3 Å². The standard InChI is InChI=1S/C12H16ClF3N2O/c13-9-3-5-11(6-4-9)19-8-10(18-17)2-1-7-12(14,15)16/h3-6,10,18H,1-2,7-8,17H2. The fourth-order valence-electron chi connectivity index (χ4n) is 1.49. The molecule has 0 bridgehead atoms. The van der Waals surface area contributed by atoms with E-state index >= 15 is 0 Å². The highest BCUT2D eigenvalue weighted by atomic mass is 35.5.